The summed E-state index contributed by atoms with van der Waals surface area (Å²) in [6, 6.07) is 0. The van der Waals surface area contributed by atoms with Crippen LogP contribution in [0.25, 0.3) is 0 Å². The molecule has 0 atom stereocenters. The average Bonchev–Trinajstić information content (AvgIpc) is 2.46. The molecule has 2 nitrogen and oxygen atoms in total. The Morgan fingerprint density at radius 1 is 1.18 bits per heavy atom. The first-order valence-corrected chi connectivity index (χ1v) is 3.76. The zero-order chi connectivity index (χ0) is 6.32. The summed E-state index contributed by atoms with van der Waals surface area (Å²) in [6.45, 7) is 3.94. The van der Waals surface area contributed by atoms with Gasteiger partial charge in [-0.3, -0.25) is 0 Å². The molecule has 4 heteroatoms. The molecule has 2 heterocycles. The van der Waals surface area contributed by atoms with Crippen molar-refractivity contribution in [1.82, 2.24) is 10.2 Å². The highest BCUT2D eigenvalue weighted by molar-refractivity contribution is 5.85. The van der Waals surface area contributed by atoms with Gasteiger partial charge in [-0.1, -0.05) is 0 Å². The molecule has 2 saturated heterocycles. The molecule has 68 valence electrons. The standard InChI is InChI=1S/C7H14N2.2ClH/c1-8-7-2-4-9(6-7)5-3-7;;/h8H,2-6H2,1H3;2*1H. The summed E-state index contributed by atoms with van der Waals surface area (Å²) in [5, 5.41) is 3.43. The second-order valence-corrected chi connectivity index (χ2v) is 3.31. The van der Waals surface area contributed by atoms with Gasteiger partial charge in [0, 0.05) is 25.2 Å². The molecule has 0 aromatic heterocycles. The number of fused-ring (bicyclic) bond motifs is 2. The highest BCUT2D eigenvalue weighted by Crippen LogP contribution is 2.31. The topological polar surface area (TPSA) is 15.3 Å². The zero-order valence-electron chi connectivity index (χ0n) is 6.80. The van der Waals surface area contributed by atoms with Crippen LogP contribution < -0.4 is 5.32 Å². The first kappa shape index (κ1) is 11.5. The van der Waals surface area contributed by atoms with Gasteiger partial charge in [0.2, 0.25) is 0 Å². The first-order chi connectivity index (χ1) is 4.35. The monoisotopic (exact) mass is 198 g/mol. The van der Waals surface area contributed by atoms with Gasteiger partial charge in [-0.05, 0) is 19.9 Å². The molecule has 2 bridgehead atoms. The number of piperidine rings is 1. The van der Waals surface area contributed by atoms with E-state index in [1.54, 1.807) is 0 Å². The highest BCUT2D eigenvalue weighted by Gasteiger charge is 2.41. The predicted octanol–water partition coefficient (Wildman–Crippen LogP) is 0.898. The van der Waals surface area contributed by atoms with E-state index in [9.17, 15) is 0 Å². The van der Waals surface area contributed by atoms with Gasteiger partial charge in [-0.25, -0.2) is 0 Å². The number of nitrogens with one attached hydrogen (secondary N) is 1. The van der Waals surface area contributed by atoms with Crippen LogP contribution in [0.4, 0.5) is 0 Å². The molecule has 2 rings (SSSR count). The molecule has 1 N–H and O–H groups in total. The number of hydrogen-bond acceptors (Lipinski definition) is 2. The van der Waals surface area contributed by atoms with E-state index in [2.05, 4.69) is 17.3 Å². The summed E-state index contributed by atoms with van der Waals surface area (Å²) in [6.07, 6.45) is 2.73. The number of halogens is 2. The molecule has 0 aromatic carbocycles. The van der Waals surface area contributed by atoms with Crippen LogP contribution in [-0.2, 0) is 0 Å². The van der Waals surface area contributed by atoms with Crippen LogP contribution in [0.3, 0.4) is 0 Å². The van der Waals surface area contributed by atoms with Crippen LogP contribution in [0, 0.1) is 0 Å². The molecule has 0 unspecified atom stereocenters. The van der Waals surface area contributed by atoms with Crippen molar-refractivity contribution in [2.75, 3.05) is 26.7 Å². The summed E-state index contributed by atoms with van der Waals surface area (Å²) in [7, 11) is 2.09. The third-order valence-electron chi connectivity index (χ3n) is 2.87. The first-order valence-electron chi connectivity index (χ1n) is 3.76. The molecule has 11 heavy (non-hydrogen) atoms. The molecular weight excluding hydrogens is 183 g/mol. The maximum atomic E-state index is 3.43. The summed E-state index contributed by atoms with van der Waals surface area (Å²) >= 11 is 0. The SMILES string of the molecule is CNC12CCN(CC1)C2.Cl.Cl. The molecule has 0 radical (unpaired) electrons. The van der Waals surface area contributed by atoms with Crippen molar-refractivity contribution in [3.05, 3.63) is 0 Å². The third-order valence-corrected chi connectivity index (χ3v) is 2.87. The Hall–Kier alpha value is 0.500. The highest BCUT2D eigenvalue weighted by atomic mass is 35.5. The van der Waals surface area contributed by atoms with Crippen molar-refractivity contribution < 1.29 is 0 Å². The Morgan fingerprint density at radius 2 is 1.73 bits per heavy atom. The zero-order valence-corrected chi connectivity index (χ0v) is 8.43. The van der Waals surface area contributed by atoms with Gasteiger partial charge in [0.15, 0.2) is 0 Å². The van der Waals surface area contributed by atoms with Crippen LogP contribution in [0.2, 0.25) is 0 Å². The van der Waals surface area contributed by atoms with E-state index in [1.807, 2.05) is 0 Å². The van der Waals surface area contributed by atoms with Gasteiger partial charge in [-0.15, -0.1) is 24.8 Å². The van der Waals surface area contributed by atoms with Crippen LogP contribution >= 0.6 is 24.8 Å². The second kappa shape index (κ2) is 3.94. The van der Waals surface area contributed by atoms with Crippen molar-refractivity contribution in [3.63, 3.8) is 0 Å². The number of nitrogens with zero attached hydrogens (tertiary/aromatic N) is 1. The molecule has 2 fully saturated rings. The van der Waals surface area contributed by atoms with E-state index in [0.717, 1.165) is 0 Å². The number of hydrogen-bond donors (Lipinski definition) is 1. The fraction of sp³-hybridized carbons (Fsp3) is 1.00. The summed E-state index contributed by atoms with van der Waals surface area (Å²) < 4.78 is 0. The van der Waals surface area contributed by atoms with Gasteiger partial charge >= 0.3 is 0 Å². The summed E-state index contributed by atoms with van der Waals surface area (Å²) in [5.41, 5.74) is 0.528. The lowest BCUT2D eigenvalue weighted by Gasteiger charge is -2.23. The maximum Gasteiger partial charge on any atom is 0.0330 e. The normalized spacial score (nSPS) is 39.5. The molecule has 0 spiro atoms. The fourth-order valence-corrected chi connectivity index (χ4v) is 2.05. The van der Waals surface area contributed by atoms with Gasteiger partial charge in [0.05, 0.1) is 0 Å². The summed E-state index contributed by atoms with van der Waals surface area (Å²) in [4.78, 5) is 2.54. The van der Waals surface area contributed by atoms with Gasteiger partial charge in [0.25, 0.3) is 0 Å². The van der Waals surface area contributed by atoms with Crippen molar-refractivity contribution in [2.45, 2.75) is 18.4 Å². The molecule has 2 aliphatic heterocycles. The van der Waals surface area contributed by atoms with Crippen molar-refractivity contribution in [1.29, 1.82) is 0 Å². The van der Waals surface area contributed by atoms with Crippen LogP contribution in [0.1, 0.15) is 12.8 Å². The molecule has 0 aliphatic carbocycles. The maximum absolute atomic E-state index is 3.43. The van der Waals surface area contributed by atoms with Crippen LogP contribution in [-0.4, -0.2) is 37.1 Å². The van der Waals surface area contributed by atoms with Crippen LogP contribution in [0.15, 0.2) is 0 Å². The third kappa shape index (κ3) is 1.81. The fourth-order valence-electron chi connectivity index (χ4n) is 2.05. The van der Waals surface area contributed by atoms with Crippen molar-refractivity contribution >= 4 is 24.8 Å². The van der Waals surface area contributed by atoms with E-state index in [-0.39, 0.29) is 24.8 Å². The summed E-state index contributed by atoms with van der Waals surface area (Å²) in [5.74, 6) is 0. The number of likely N-dealkylation sites (N-methyl/N-ethyl adjacent to an activating group) is 1. The Labute approximate surface area is 80.5 Å². The smallest absolute Gasteiger partial charge is 0.0330 e. The van der Waals surface area contributed by atoms with Crippen LogP contribution in [0.5, 0.6) is 0 Å². The second-order valence-electron chi connectivity index (χ2n) is 3.31. The van der Waals surface area contributed by atoms with Crippen molar-refractivity contribution in [3.8, 4) is 0 Å². The van der Waals surface area contributed by atoms with Crippen molar-refractivity contribution in [2.24, 2.45) is 0 Å². The Bertz CT molecular complexity index is 122. The Morgan fingerprint density at radius 3 is 1.91 bits per heavy atom. The lowest BCUT2D eigenvalue weighted by Crippen LogP contribution is -2.41. The minimum Gasteiger partial charge on any atom is -0.313 e. The average molecular weight is 199 g/mol. The van der Waals surface area contributed by atoms with E-state index in [4.69, 9.17) is 0 Å². The van der Waals surface area contributed by atoms with E-state index in [1.165, 1.54) is 32.5 Å². The minimum absolute atomic E-state index is 0. The molecule has 0 aromatic rings. The molecule has 0 saturated carbocycles. The van der Waals surface area contributed by atoms with Gasteiger partial charge in [0.1, 0.15) is 0 Å². The molecule has 2 aliphatic rings. The lowest BCUT2D eigenvalue weighted by molar-refractivity contribution is 0.352. The predicted molar refractivity (Wildman–Crippen MR) is 52.0 cm³/mol. The Balaban J connectivity index is 0.000000500. The van der Waals surface area contributed by atoms with E-state index >= 15 is 0 Å². The number of rotatable bonds is 1. The van der Waals surface area contributed by atoms with E-state index < -0.39 is 0 Å². The lowest BCUT2D eigenvalue weighted by atomic mass is 9.96. The van der Waals surface area contributed by atoms with Gasteiger partial charge < -0.3 is 10.2 Å². The minimum atomic E-state index is 0. The van der Waals surface area contributed by atoms with E-state index in [0.29, 0.717) is 5.54 Å². The largest absolute Gasteiger partial charge is 0.313 e. The quantitative estimate of drug-likeness (QED) is 0.674. The Kier molecular flexibility index (Phi) is 4.12. The van der Waals surface area contributed by atoms with Gasteiger partial charge in [-0.2, -0.15) is 0 Å². The molecule has 0 amide bonds. The molecular formula is C7H16Cl2N2.